The molecule has 0 aliphatic carbocycles. The van der Waals surface area contributed by atoms with Gasteiger partial charge in [-0.15, -0.1) is 0 Å². The topological polar surface area (TPSA) is 122 Å². The summed E-state index contributed by atoms with van der Waals surface area (Å²) < 4.78 is 22.5. The fourth-order valence-corrected chi connectivity index (χ4v) is 2.14. The van der Waals surface area contributed by atoms with Gasteiger partial charge in [-0.05, 0) is 30.3 Å². The highest BCUT2D eigenvalue weighted by molar-refractivity contribution is 7.89. The summed E-state index contributed by atoms with van der Waals surface area (Å²) in [7, 11) is -3.92. The molecule has 7 nitrogen and oxygen atoms in total. The third-order valence-electron chi connectivity index (χ3n) is 2.58. The molecule has 0 heterocycles. The molecule has 2 aromatic carbocycles. The van der Waals surface area contributed by atoms with Gasteiger partial charge in [0.1, 0.15) is 5.75 Å². The van der Waals surface area contributed by atoms with Crippen LogP contribution in [-0.2, 0) is 10.0 Å². The summed E-state index contributed by atoms with van der Waals surface area (Å²) in [5.41, 5.74) is 0.493. The van der Waals surface area contributed by atoms with Gasteiger partial charge in [0.25, 0.3) is 0 Å². The van der Waals surface area contributed by atoms with Crippen LogP contribution in [0.1, 0.15) is 0 Å². The van der Waals surface area contributed by atoms with Gasteiger partial charge in [0.15, 0.2) is 0 Å². The van der Waals surface area contributed by atoms with E-state index in [1.54, 1.807) is 30.3 Å². The second-order valence-electron chi connectivity index (χ2n) is 4.17. The van der Waals surface area contributed by atoms with Crippen molar-refractivity contribution >= 4 is 27.4 Å². The zero-order chi connectivity index (χ0) is 15.5. The number of hydrogen-bond acceptors (Lipinski definition) is 4. The quantitative estimate of drug-likeness (QED) is 0.644. The van der Waals surface area contributed by atoms with Crippen molar-refractivity contribution in [1.82, 2.24) is 0 Å². The van der Waals surface area contributed by atoms with Gasteiger partial charge in [-0.2, -0.15) is 0 Å². The first-order valence-electron chi connectivity index (χ1n) is 5.85. The molecular weight excluding hydrogens is 294 g/mol. The molecule has 0 spiro atoms. The maximum atomic E-state index is 11.8. The Hall–Kier alpha value is -2.58. The van der Waals surface area contributed by atoms with Crippen molar-refractivity contribution in [2.24, 2.45) is 5.14 Å². The van der Waals surface area contributed by atoms with Gasteiger partial charge >= 0.3 is 6.03 Å². The molecule has 0 aliphatic rings. The van der Waals surface area contributed by atoms with E-state index in [1.807, 2.05) is 0 Å². The number of carbonyl (C=O) groups is 1. The average Bonchev–Trinajstić information content (AvgIpc) is 2.41. The maximum absolute atomic E-state index is 11.8. The lowest BCUT2D eigenvalue weighted by molar-refractivity contribution is 0.262. The van der Waals surface area contributed by atoms with Gasteiger partial charge in [0.05, 0.1) is 10.6 Å². The van der Waals surface area contributed by atoms with E-state index in [2.05, 4.69) is 10.6 Å². The van der Waals surface area contributed by atoms with E-state index in [9.17, 15) is 18.3 Å². The number of amides is 2. The lowest BCUT2D eigenvalue weighted by Crippen LogP contribution is -2.20. The van der Waals surface area contributed by atoms with Crippen molar-refractivity contribution in [2.75, 3.05) is 10.6 Å². The molecular formula is C13H13N3O4S. The van der Waals surface area contributed by atoms with Crippen LogP contribution >= 0.6 is 0 Å². The molecule has 2 amide bonds. The number of hydrogen-bond donors (Lipinski definition) is 4. The number of sulfonamides is 1. The van der Waals surface area contributed by atoms with Crippen LogP contribution in [0.3, 0.4) is 0 Å². The minimum atomic E-state index is -3.92. The fraction of sp³-hybridized carbons (Fsp3) is 0. The first-order valence-corrected chi connectivity index (χ1v) is 7.40. The predicted molar refractivity (Wildman–Crippen MR) is 78.6 cm³/mol. The average molecular weight is 307 g/mol. The molecule has 21 heavy (non-hydrogen) atoms. The number of carbonyl (C=O) groups excluding carboxylic acids is 1. The zero-order valence-corrected chi connectivity index (χ0v) is 11.6. The Bertz CT molecular complexity index is 760. The first kappa shape index (κ1) is 14.8. The van der Waals surface area contributed by atoms with Crippen molar-refractivity contribution < 1.29 is 18.3 Å². The number of phenolic OH excluding ortho intramolecular Hbond substituents is 1. The molecule has 0 bridgehead atoms. The van der Waals surface area contributed by atoms with E-state index in [0.29, 0.717) is 5.69 Å². The number of urea groups is 1. The van der Waals surface area contributed by atoms with Gasteiger partial charge in [0.2, 0.25) is 10.0 Å². The second kappa shape index (κ2) is 5.81. The largest absolute Gasteiger partial charge is 0.506 e. The summed E-state index contributed by atoms with van der Waals surface area (Å²) >= 11 is 0. The van der Waals surface area contributed by atoms with Gasteiger partial charge in [-0.25, -0.2) is 18.4 Å². The van der Waals surface area contributed by atoms with Crippen LogP contribution in [0.15, 0.2) is 53.4 Å². The number of para-hydroxylation sites is 1. The van der Waals surface area contributed by atoms with Crippen molar-refractivity contribution in [3.8, 4) is 5.75 Å². The van der Waals surface area contributed by atoms with E-state index in [1.165, 1.54) is 0 Å². The van der Waals surface area contributed by atoms with Gasteiger partial charge in [0, 0.05) is 5.69 Å². The molecule has 5 N–H and O–H groups in total. The standard InChI is InChI=1S/C13H13N3O4S/c14-21(19,20)10-6-7-12(17)11(8-10)16-13(18)15-9-4-2-1-3-5-9/h1-8,17H,(H2,14,19,20)(H2,15,16,18). The molecule has 0 saturated heterocycles. The van der Waals surface area contributed by atoms with Crippen LogP contribution in [0, 0.1) is 0 Å². The maximum Gasteiger partial charge on any atom is 0.323 e. The van der Waals surface area contributed by atoms with Gasteiger partial charge in [-0.3, -0.25) is 0 Å². The minimum absolute atomic E-state index is 0.0602. The minimum Gasteiger partial charge on any atom is -0.506 e. The van der Waals surface area contributed by atoms with Crippen molar-refractivity contribution in [2.45, 2.75) is 4.90 Å². The molecule has 2 rings (SSSR count). The highest BCUT2D eigenvalue weighted by Gasteiger charge is 2.13. The number of nitrogens with two attached hydrogens (primary N) is 1. The number of primary sulfonamides is 1. The van der Waals surface area contributed by atoms with Crippen LogP contribution in [0.5, 0.6) is 5.75 Å². The number of anilines is 2. The number of rotatable bonds is 3. The lowest BCUT2D eigenvalue weighted by atomic mass is 10.3. The first-order chi connectivity index (χ1) is 9.86. The molecule has 8 heteroatoms. The Morgan fingerprint density at radius 3 is 2.33 bits per heavy atom. The molecule has 110 valence electrons. The van der Waals surface area contributed by atoms with E-state index < -0.39 is 16.1 Å². The summed E-state index contributed by atoms with van der Waals surface area (Å²) in [6.45, 7) is 0. The molecule has 0 aromatic heterocycles. The monoisotopic (exact) mass is 307 g/mol. The molecule has 2 aromatic rings. The Balaban J connectivity index is 2.17. The van der Waals surface area contributed by atoms with Crippen molar-refractivity contribution in [1.29, 1.82) is 0 Å². The van der Waals surface area contributed by atoms with E-state index in [-0.39, 0.29) is 16.3 Å². The molecule has 0 atom stereocenters. The molecule has 0 radical (unpaired) electrons. The zero-order valence-electron chi connectivity index (χ0n) is 10.8. The van der Waals surface area contributed by atoms with Crippen LogP contribution in [0.25, 0.3) is 0 Å². The Labute approximate surface area is 121 Å². The highest BCUT2D eigenvalue weighted by Crippen LogP contribution is 2.26. The Kier molecular flexibility index (Phi) is 4.10. The lowest BCUT2D eigenvalue weighted by Gasteiger charge is -2.10. The molecule has 0 fully saturated rings. The van der Waals surface area contributed by atoms with Gasteiger partial charge in [-0.1, -0.05) is 18.2 Å². The summed E-state index contributed by atoms with van der Waals surface area (Å²) in [4.78, 5) is 11.6. The SMILES string of the molecule is NS(=O)(=O)c1ccc(O)c(NC(=O)Nc2ccccc2)c1. The summed E-state index contributed by atoms with van der Waals surface area (Å²) in [5.74, 6) is -0.273. The summed E-state index contributed by atoms with van der Waals surface area (Å²) in [6.07, 6.45) is 0. The smallest absolute Gasteiger partial charge is 0.323 e. The Morgan fingerprint density at radius 2 is 1.71 bits per heavy atom. The molecule has 0 aliphatic heterocycles. The van der Waals surface area contributed by atoms with Crippen LogP contribution in [0.4, 0.5) is 16.2 Å². The third-order valence-corrected chi connectivity index (χ3v) is 3.49. The van der Waals surface area contributed by atoms with Gasteiger partial charge < -0.3 is 15.7 Å². The second-order valence-corrected chi connectivity index (χ2v) is 5.73. The van der Waals surface area contributed by atoms with Crippen LogP contribution < -0.4 is 15.8 Å². The van der Waals surface area contributed by atoms with Crippen LogP contribution in [-0.4, -0.2) is 19.6 Å². The summed E-state index contributed by atoms with van der Waals surface area (Å²) in [5, 5.41) is 19.5. The third kappa shape index (κ3) is 3.94. The van der Waals surface area contributed by atoms with E-state index in [4.69, 9.17) is 5.14 Å². The molecule has 0 saturated carbocycles. The van der Waals surface area contributed by atoms with E-state index >= 15 is 0 Å². The van der Waals surface area contributed by atoms with Crippen LogP contribution in [0.2, 0.25) is 0 Å². The normalized spacial score (nSPS) is 10.9. The molecule has 0 unspecified atom stereocenters. The fourth-order valence-electron chi connectivity index (χ4n) is 1.60. The van der Waals surface area contributed by atoms with Crippen molar-refractivity contribution in [3.63, 3.8) is 0 Å². The van der Waals surface area contributed by atoms with E-state index in [0.717, 1.165) is 18.2 Å². The number of benzene rings is 2. The highest BCUT2D eigenvalue weighted by atomic mass is 32.2. The Morgan fingerprint density at radius 1 is 1.05 bits per heavy atom. The van der Waals surface area contributed by atoms with Crippen molar-refractivity contribution in [3.05, 3.63) is 48.5 Å². The predicted octanol–water partition coefficient (Wildman–Crippen LogP) is 1.68. The number of phenols is 1. The number of aromatic hydroxyl groups is 1. The summed E-state index contributed by atoms with van der Waals surface area (Å²) in [6, 6.07) is 11.4. The number of nitrogens with one attached hydrogen (secondary N) is 2.